The van der Waals surface area contributed by atoms with Crippen LogP contribution in [0.15, 0.2) is 72.9 Å². The average molecular weight is 481 g/mol. The second-order valence-electron chi connectivity index (χ2n) is 10.3. The zero-order chi connectivity index (χ0) is 24.2. The van der Waals surface area contributed by atoms with E-state index in [-0.39, 0.29) is 23.8 Å². The second kappa shape index (κ2) is 8.49. The molecule has 1 saturated carbocycles. The molecule has 3 aliphatic rings. The van der Waals surface area contributed by atoms with Gasteiger partial charge in [-0.25, -0.2) is 4.39 Å². The van der Waals surface area contributed by atoms with Gasteiger partial charge in [0.15, 0.2) is 0 Å². The maximum absolute atomic E-state index is 14.4. The Hall–Kier alpha value is -3.64. The van der Waals surface area contributed by atoms with E-state index in [1.807, 2.05) is 17.2 Å². The maximum Gasteiger partial charge on any atom is 0.232 e. The van der Waals surface area contributed by atoms with Gasteiger partial charge in [0.25, 0.3) is 0 Å². The van der Waals surface area contributed by atoms with E-state index in [1.165, 1.54) is 30.4 Å². The number of rotatable bonds is 5. The summed E-state index contributed by atoms with van der Waals surface area (Å²) in [5, 5.41) is 1.19. The molecule has 4 aromatic rings. The molecule has 5 nitrogen and oxygen atoms in total. The van der Waals surface area contributed by atoms with Crippen molar-refractivity contribution in [2.75, 3.05) is 29.6 Å². The Kier molecular flexibility index (Phi) is 5.10. The van der Waals surface area contributed by atoms with Gasteiger partial charge >= 0.3 is 0 Å². The number of hydrogen-bond donors (Lipinski definition) is 1. The number of amides is 1. The average Bonchev–Trinajstić information content (AvgIpc) is 3.29. The number of anilines is 2. The summed E-state index contributed by atoms with van der Waals surface area (Å²) in [6.45, 7) is 2.83. The number of hydrogen-bond acceptors (Lipinski definition) is 3. The lowest BCUT2D eigenvalue weighted by molar-refractivity contribution is -0.120. The number of aromatic amines is 1. The van der Waals surface area contributed by atoms with Gasteiger partial charge in [-0.05, 0) is 91.2 Å². The van der Waals surface area contributed by atoms with Crippen LogP contribution in [0.25, 0.3) is 22.0 Å². The first kappa shape index (κ1) is 21.6. The summed E-state index contributed by atoms with van der Waals surface area (Å²) in [6.07, 6.45) is 5.89. The first-order valence-electron chi connectivity index (χ1n) is 12.9. The minimum absolute atomic E-state index is 0.0437. The summed E-state index contributed by atoms with van der Waals surface area (Å²) in [5.41, 5.74) is 6.06. The van der Waals surface area contributed by atoms with Crippen LogP contribution in [0.4, 0.5) is 15.8 Å². The highest BCUT2D eigenvalue weighted by Gasteiger charge is 2.45. The summed E-state index contributed by atoms with van der Waals surface area (Å²) < 4.78 is 14.4. The smallest absolute Gasteiger partial charge is 0.232 e. The Bertz CT molecular complexity index is 1440. The van der Waals surface area contributed by atoms with Crippen molar-refractivity contribution < 1.29 is 9.18 Å². The number of halogens is 1. The van der Waals surface area contributed by atoms with Crippen molar-refractivity contribution in [2.45, 2.75) is 31.8 Å². The molecule has 1 saturated heterocycles. The van der Waals surface area contributed by atoms with Gasteiger partial charge in [-0.1, -0.05) is 36.4 Å². The number of carbonyl (C=O) groups is 1. The first-order chi connectivity index (χ1) is 17.7. The summed E-state index contributed by atoms with van der Waals surface area (Å²) in [5.74, 6) is -0.154. The predicted octanol–water partition coefficient (Wildman–Crippen LogP) is 6.29. The summed E-state index contributed by atoms with van der Waals surface area (Å²) in [6, 6.07) is 21.9. The van der Waals surface area contributed by atoms with Crippen LogP contribution in [-0.4, -0.2) is 35.5 Å². The molecule has 1 amide bonds. The number of nitrogens with one attached hydrogen (secondary N) is 1. The molecular weight excluding hydrogens is 451 g/mol. The normalized spacial score (nSPS) is 19.9. The molecule has 3 heterocycles. The van der Waals surface area contributed by atoms with Crippen LogP contribution >= 0.6 is 0 Å². The fourth-order valence-corrected chi connectivity index (χ4v) is 5.80. The van der Waals surface area contributed by atoms with Crippen molar-refractivity contribution in [2.24, 2.45) is 5.92 Å². The number of carbonyl (C=O) groups excluding carboxylic acids is 1. The zero-order valence-electron chi connectivity index (χ0n) is 20.2. The van der Waals surface area contributed by atoms with Crippen LogP contribution < -0.4 is 9.80 Å². The van der Waals surface area contributed by atoms with Gasteiger partial charge in [-0.3, -0.25) is 14.6 Å². The van der Waals surface area contributed by atoms with Crippen molar-refractivity contribution in [3.05, 3.63) is 84.3 Å². The van der Waals surface area contributed by atoms with E-state index < -0.39 is 0 Å². The molecule has 2 aliphatic heterocycles. The Balaban J connectivity index is 1.29. The Morgan fingerprint density at radius 2 is 1.67 bits per heavy atom. The minimum atomic E-state index is -0.306. The Labute approximate surface area is 210 Å². The van der Waals surface area contributed by atoms with Gasteiger partial charge in [0, 0.05) is 17.6 Å². The number of fused-ring (bicyclic) bond motifs is 2. The molecule has 1 N–H and O–H groups in total. The third kappa shape index (κ3) is 3.68. The lowest BCUT2D eigenvalue weighted by Crippen LogP contribution is -2.44. The van der Waals surface area contributed by atoms with Crippen LogP contribution in [0.2, 0.25) is 0 Å². The fraction of sp³-hybridized carbons (Fsp3) is 0.300. The van der Waals surface area contributed by atoms with E-state index in [2.05, 4.69) is 63.3 Å². The zero-order valence-corrected chi connectivity index (χ0v) is 20.2. The number of H-pyrrole nitrogens is 1. The molecule has 0 bridgehead atoms. The van der Waals surface area contributed by atoms with E-state index in [0.29, 0.717) is 5.69 Å². The molecule has 182 valence electrons. The van der Waals surface area contributed by atoms with E-state index in [0.717, 1.165) is 60.5 Å². The number of benzene rings is 3. The molecule has 1 unspecified atom stereocenters. The van der Waals surface area contributed by atoms with Crippen LogP contribution in [0, 0.1) is 11.7 Å². The van der Waals surface area contributed by atoms with Crippen molar-refractivity contribution >= 4 is 28.2 Å². The molecule has 7 rings (SSSR count). The second-order valence-corrected chi connectivity index (χ2v) is 10.3. The SMILES string of the molecule is O=C(C1CC1)N1c2cc(F)ccc2N(CN2CCCC2)C1c1ccc(-c2ccc3cc[nH]c3c2)cc1. The molecular formula is C30H29FN4O. The standard InChI is InChI=1S/C30H29FN4O/c31-25-11-12-27-28(18-25)35(30(36)23-8-9-23)29(34(27)19-33-15-1-2-16-33)22-6-3-20(4-7-22)24-10-5-21-13-14-32-26(21)17-24/h3-7,10-14,17-18,23,29,32H,1-2,8-9,15-16,19H2. The van der Waals surface area contributed by atoms with Crippen LogP contribution in [0.1, 0.15) is 37.4 Å². The number of likely N-dealkylation sites (tertiary alicyclic amines) is 1. The van der Waals surface area contributed by atoms with Crippen LogP contribution in [-0.2, 0) is 4.79 Å². The van der Waals surface area contributed by atoms with E-state index in [4.69, 9.17) is 0 Å². The van der Waals surface area contributed by atoms with Gasteiger partial charge in [-0.15, -0.1) is 0 Å². The molecule has 3 aromatic carbocycles. The van der Waals surface area contributed by atoms with Crippen LogP contribution in [0.3, 0.4) is 0 Å². The molecule has 2 fully saturated rings. The van der Waals surface area contributed by atoms with E-state index in [1.54, 1.807) is 0 Å². The van der Waals surface area contributed by atoms with Gasteiger partial charge < -0.3 is 9.88 Å². The van der Waals surface area contributed by atoms with Crippen molar-refractivity contribution in [1.29, 1.82) is 0 Å². The van der Waals surface area contributed by atoms with E-state index in [9.17, 15) is 9.18 Å². The molecule has 1 aromatic heterocycles. The molecule has 36 heavy (non-hydrogen) atoms. The fourth-order valence-electron chi connectivity index (χ4n) is 5.80. The third-order valence-corrected chi connectivity index (χ3v) is 7.86. The molecule has 1 aliphatic carbocycles. The van der Waals surface area contributed by atoms with Crippen molar-refractivity contribution in [3.63, 3.8) is 0 Å². The lowest BCUT2D eigenvalue weighted by atomic mass is 10.0. The monoisotopic (exact) mass is 480 g/mol. The van der Waals surface area contributed by atoms with E-state index >= 15 is 0 Å². The molecule has 1 atom stereocenters. The summed E-state index contributed by atoms with van der Waals surface area (Å²) in [4.78, 5) is 23.5. The van der Waals surface area contributed by atoms with Gasteiger partial charge in [0.05, 0.1) is 18.0 Å². The molecule has 6 heteroatoms. The maximum atomic E-state index is 14.4. The highest BCUT2D eigenvalue weighted by atomic mass is 19.1. The van der Waals surface area contributed by atoms with Gasteiger partial charge in [-0.2, -0.15) is 0 Å². The van der Waals surface area contributed by atoms with Crippen molar-refractivity contribution in [3.8, 4) is 11.1 Å². The Morgan fingerprint density at radius 3 is 2.44 bits per heavy atom. The minimum Gasteiger partial charge on any atom is -0.361 e. The quantitative estimate of drug-likeness (QED) is 0.365. The van der Waals surface area contributed by atoms with Gasteiger partial charge in [0.2, 0.25) is 5.91 Å². The van der Waals surface area contributed by atoms with Gasteiger partial charge in [0.1, 0.15) is 12.0 Å². The summed E-state index contributed by atoms with van der Waals surface area (Å²) >= 11 is 0. The largest absolute Gasteiger partial charge is 0.361 e. The molecule has 0 radical (unpaired) electrons. The lowest BCUT2D eigenvalue weighted by Gasteiger charge is -2.35. The Morgan fingerprint density at radius 1 is 0.889 bits per heavy atom. The third-order valence-electron chi connectivity index (χ3n) is 7.86. The number of aromatic nitrogens is 1. The highest BCUT2D eigenvalue weighted by Crippen LogP contribution is 2.49. The number of nitrogens with zero attached hydrogens (tertiary/aromatic N) is 3. The highest BCUT2D eigenvalue weighted by molar-refractivity contribution is 6.03. The van der Waals surface area contributed by atoms with Crippen molar-refractivity contribution in [1.82, 2.24) is 9.88 Å². The summed E-state index contributed by atoms with van der Waals surface area (Å²) in [7, 11) is 0. The predicted molar refractivity (Wildman–Crippen MR) is 141 cm³/mol. The first-order valence-corrected chi connectivity index (χ1v) is 12.9. The molecule has 0 spiro atoms. The van der Waals surface area contributed by atoms with Crippen LogP contribution in [0.5, 0.6) is 0 Å². The topological polar surface area (TPSA) is 42.6 Å².